The van der Waals surface area contributed by atoms with E-state index in [2.05, 4.69) is 27.3 Å². The number of alkyl halides is 1. The van der Waals surface area contributed by atoms with Crippen molar-refractivity contribution in [3.05, 3.63) is 0 Å². The molecule has 6 heteroatoms. The van der Waals surface area contributed by atoms with Crippen molar-refractivity contribution >= 4 is 32.8 Å². The van der Waals surface area contributed by atoms with Crippen molar-refractivity contribution in [1.82, 2.24) is 9.03 Å². The van der Waals surface area contributed by atoms with Gasteiger partial charge >= 0.3 is 0 Å². The zero-order chi connectivity index (χ0) is 8.91. The molecule has 4 nitrogen and oxygen atoms in total. The molecule has 0 aliphatic heterocycles. The van der Waals surface area contributed by atoms with Crippen LogP contribution in [0.2, 0.25) is 0 Å². The first-order valence-electron chi connectivity index (χ1n) is 3.24. The van der Waals surface area contributed by atoms with E-state index in [9.17, 15) is 8.42 Å². The molecule has 0 aromatic rings. The first-order chi connectivity index (χ1) is 5.00. The van der Waals surface area contributed by atoms with E-state index in [4.69, 9.17) is 0 Å². The first-order valence-corrected chi connectivity index (χ1v) is 6.20. The van der Waals surface area contributed by atoms with Crippen LogP contribution in [-0.4, -0.2) is 37.8 Å². The third kappa shape index (κ3) is 4.94. The molecule has 0 saturated heterocycles. The van der Waals surface area contributed by atoms with Gasteiger partial charge in [-0.25, -0.2) is 4.72 Å². The van der Waals surface area contributed by atoms with Gasteiger partial charge in [0.15, 0.2) is 0 Å². The Morgan fingerprint density at radius 2 is 2.00 bits per heavy atom. The Bertz CT molecular complexity index is 191. The lowest BCUT2D eigenvalue weighted by atomic mass is 10.5. The minimum absolute atomic E-state index is 0.517. The van der Waals surface area contributed by atoms with Crippen molar-refractivity contribution in [1.29, 1.82) is 0 Å². The Hall–Kier alpha value is 0.600. The molecule has 0 atom stereocenters. The smallest absolute Gasteiger partial charge is 0.202 e. The van der Waals surface area contributed by atoms with Crippen LogP contribution in [0.3, 0.4) is 0 Å². The van der Waals surface area contributed by atoms with E-state index in [1.165, 1.54) is 18.4 Å². The summed E-state index contributed by atoms with van der Waals surface area (Å²) in [7, 11) is -0.178. The van der Waals surface area contributed by atoms with Gasteiger partial charge in [0.05, 0.1) is 0 Å². The molecule has 0 fully saturated rings. The molecule has 0 heterocycles. The molecule has 11 heavy (non-hydrogen) atoms. The molecule has 0 aliphatic carbocycles. The monoisotopic (exact) mass is 292 g/mol. The normalized spacial score (nSPS) is 12.4. The molecular formula is C5H13IN2O2S. The van der Waals surface area contributed by atoms with E-state index in [-0.39, 0.29) is 0 Å². The fourth-order valence-electron chi connectivity index (χ4n) is 0.397. The third-order valence-corrected chi connectivity index (χ3v) is 3.37. The molecule has 0 rings (SSSR count). The lowest BCUT2D eigenvalue weighted by molar-refractivity contribution is 0.505. The van der Waals surface area contributed by atoms with E-state index in [1.807, 2.05) is 0 Å². The van der Waals surface area contributed by atoms with Crippen LogP contribution in [-0.2, 0) is 10.2 Å². The number of hydrogen-bond donors (Lipinski definition) is 1. The number of halogens is 1. The van der Waals surface area contributed by atoms with E-state index in [1.54, 1.807) is 0 Å². The van der Waals surface area contributed by atoms with Crippen LogP contribution in [0, 0.1) is 0 Å². The maximum absolute atomic E-state index is 11.0. The molecule has 0 aromatic carbocycles. The third-order valence-electron chi connectivity index (χ3n) is 1.08. The topological polar surface area (TPSA) is 49.4 Å². The largest absolute Gasteiger partial charge is 0.278 e. The predicted molar refractivity (Wildman–Crippen MR) is 54.1 cm³/mol. The SMILES string of the molecule is CN(C)S(=O)(=O)NCCCI. The summed E-state index contributed by atoms with van der Waals surface area (Å²) < 4.78 is 26.6. The standard InChI is InChI=1S/C5H13IN2O2S/c1-8(2)11(9,10)7-5-3-4-6/h7H,3-5H2,1-2H3. The van der Waals surface area contributed by atoms with Crippen LogP contribution in [0.25, 0.3) is 0 Å². The number of hydrogen-bond acceptors (Lipinski definition) is 2. The van der Waals surface area contributed by atoms with E-state index >= 15 is 0 Å². The van der Waals surface area contributed by atoms with Gasteiger partial charge in [0.25, 0.3) is 10.2 Å². The zero-order valence-electron chi connectivity index (χ0n) is 6.67. The minimum Gasteiger partial charge on any atom is -0.202 e. The van der Waals surface area contributed by atoms with Crippen molar-refractivity contribution < 1.29 is 8.42 Å². The summed E-state index contributed by atoms with van der Waals surface area (Å²) >= 11 is 2.21. The number of nitrogens with zero attached hydrogens (tertiary/aromatic N) is 1. The van der Waals surface area contributed by atoms with Gasteiger partial charge in [-0.1, -0.05) is 22.6 Å². The van der Waals surface area contributed by atoms with Crippen LogP contribution in [0.4, 0.5) is 0 Å². The fraction of sp³-hybridized carbons (Fsp3) is 1.00. The highest BCUT2D eigenvalue weighted by molar-refractivity contribution is 14.1. The quantitative estimate of drug-likeness (QED) is 0.447. The Morgan fingerprint density at radius 1 is 1.45 bits per heavy atom. The number of rotatable bonds is 5. The van der Waals surface area contributed by atoms with Crippen LogP contribution in [0.1, 0.15) is 6.42 Å². The Kier molecular flexibility index (Phi) is 5.57. The molecule has 0 spiro atoms. The highest BCUT2D eigenvalue weighted by Crippen LogP contribution is 1.90. The highest BCUT2D eigenvalue weighted by atomic mass is 127. The lowest BCUT2D eigenvalue weighted by Crippen LogP contribution is -2.36. The molecule has 0 unspecified atom stereocenters. The Labute approximate surface area is 81.7 Å². The summed E-state index contributed by atoms with van der Waals surface area (Å²) in [5.74, 6) is 0. The molecule has 0 bridgehead atoms. The second kappa shape index (κ2) is 5.28. The van der Waals surface area contributed by atoms with Crippen molar-refractivity contribution in [2.75, 3.05) is 25.1 Å². The summed E-state index contributed by atoms with van der Waals surface area (Å²) in [5.41, 5.74) is 0. The Balaban J connectivity index is 3.75. The molecule has 0 radical (unpaired) electrons. The summed E-state index contributed by atoms with van der Waals surface area (Å²) in [4.78, 5) is 0. The molecule has 1 N–H and O–H groups in total. The maximum Gasteiger partial charge on any atom is 0.278 e. The molecular weight excluding hydrogens is 279 g/mol. The van der Waals surface area contributed by atoms with Gasteiger partial charge < -0.3 is 0 Å². The van der Waals surface area contributed by atoms with E-state index in [0.717, 1.165) is 10.8 Å². The molecule has 0 aliphatic rings. The molecule has 68 valence electrons. The van der Waals surface area contributed by atoms with Crippen molar-refractivity contribution in [3.63, 3.8) is 0 Å². The summed E-state index contributed by atoms with van der Waals surface area (Å²) in [6.45, 7) is 0.517. The van der Waals surface area contributed by atoms with Gasteiger partial charge in [-0.3, -0.25) is 0 Å². The lowest BCUT2D eigenvalue weighted by Gasteiger charge is -2.11. The van der Waals surface area contributed by atoms with Crippen molar-refractivity contribution in [3.8, 4) is 0 Å². The van der Waals surface area contributed by atoms with Crippen LogP contribution in [0.5, 0.6) is 0 Å². The summed E-state index contributed by atoms with van der Waals surface area (Å²) in [6, 6.07) is 0. The molecule has 0 aromatic heterocycles. The van der Waals surface area contributed by atoms with E-state index < -0.39 is 10.2 Å². The minimum atomic E-state index is -3.19. The zero-order valence-corrected chi connectivity index (χ0v) is 9.65. The van der Waals surface area contributed by atoms with E-state index in [0.29, 0.717) is 6.54 Å². The van der Waals surface area contributed by atoms with Crippen molar-refractivity contribution in [2.24, 2.45) is 0 Å². The Morgan fingerprint density at radius 3 is 2.36 bits per heavy atom. The van der Waals surface area contributed by atoms with Gasteiger partial charge in [0, 0.05) is 25.1 Å². The van der Waals surface area contributed by atoms with Gasteiger partial charge in [-0.05, 0) is 6.42 Å². The average Bonchev–Trinajstić information content (AvgIpc) is 1.88. The van der Waals surface area contributed by atoms with Gasteiger partial charge in [0.1, 0.15) is 0 Å². The van der Waals surface area contributed by atoms with Crippen molar-refractivity contribution in [2.45, 2.75) is 6.42 Å². The molecule has 0 saturated carbocycles. The first kappa shape index (κ1) is 11.6. The van der Waals surface area contributed by atoms with Gasteiger partial charge in [-0.2, -0.15) is 12.7 Å². The summed E-state index contributed by atoms with van der Waals surface area (Å²) in [6.07, 6.45) is 0.869. The predicted octanol–water partition coefficient (Wildman–Crippen LogP) is 0.208. The number of nitrogens with one attached hydrogen (secondary N) is 1. The van der Waals surface area contributed by atoms with Gasteiger partial charge in [0.2, 0.25) is 0 Å². The second-order valence-electron chi connectivity index (χ2n) is 2.22. The van der Waals surface area contributed by atoms with Crippen LogP contribution in [0.15, 0.2) is 0 Å². The van der Waals surface area contributed by atoms with Crippen LogP contribution < -0.4 is 4.72 Å². The second-order valence-corrected chi connectivity index (χ2v) is 5.27. The fourth-order valence-corrected chi connectivity index (χ4v) is 1.44. The highest BCUT2D eigenvalue weighted by Gasteiger charge is 2.10. The summed E-state index contributed by atoms with van der Waals surface area (Å²) in [5, 5.41) is 0. The van der Waals surface area contributed by atoms with Crippen LogP contribution >= 0.6 is 22.6 Å². The van der Waals surface area contributed by atoms with Gasteiger partial charge in [-0.15, -0.1) is 0 Å². The average molecular weight is 292 g/mol. The maximum atomic E-state index is 11.0. The molecule has 0 amide bonds.